The van der Waals surface area contributed by atoms with E-state index in [1.807, 2.05) is 31.2 Å². The second kappa shape index (κ2) is 9.30. The number of benzene rings is 1. The Kier molecular flexibility index (Phi) is 6.77. The van der Waals surface area contributed by atoms with Crippen LogP contribution in [0.25, 0.3) is 0 Å². The largest absolute Gasteiger partial charge is 0.489 e. The molecule has 2 amide bonds. The summed E-state index contributed by atoms with van der Waals surface area (Å²) in [5.74, 6) is -0.0582. The Morgan fingerprint density at radius 3 is 2.47 bits per heavy atom. The van der Waals surface area contributed by atoms with E-state index in [1.54, 1.807) is 25.3 Å². The molecule has 158 valence electrons. The number of aryl methyl sites for hydroxylation is 1. The summed E-state index contributed by atoms with van der Waals surface area (Å²) in [5, 5.41) is 2.00. The smallest absolute Gasteiger partial charge is 0.303 e. The minimum absolute atomic E-state index is 0.149. The molecule has 1 aromatic carbocycles. The lowest BCUT2D eigenvalue weighted by Crippen LogP contribution is -2.35. The molecule has 2 atom stereocenters. The average Bonchev–Trinajstić information content (AvgIpc) is 2.97. The zero-order valence-corrected chi connectivity index (χ0v) is 18.0. The summed E-state index contributed by atoms with van der Waals surface area (Å²) in [7, 11) is 0. The fourth-order valence-electron chi connectivity index (χ4n) is 3.12. The van der Waals surface area contributed by atoms with Crippen LogP contribution in [0.3, 0.4) is 0 Å². The van der Waals surface area contributed by atoms with Gasteiger partial charge in [0.15, 0.2) is 6.10 Å². The normalized spacial score (nSPS) is 19.3. The number of hydrogen-bond donors (Lipinski definition) is 1. The molecule has 1 saturated heterocycles. The van der Waals surface area contributed by atoms with Crippen molar-refractivity contribution >= 4 is 28.9 Å². The van der Waals surface area contributed by atoms with Crippen LogP contribution >= 0.6 is 11.8 Å². The summed E-state index contributed by atoms with van der Waals surface area (Å²) in [6.07, 6.45) is 2.39. The first kappa shape index (κ1) is 21.8. The number of pyridine rings is 1. The number of imide groups is 1. The highest BCUT2D eigenvalue weighted by molar-refractivity contribution is 8.16. The first-order valence-electron chi connectivity index (χ1n) is 9.67. The number of hydrogen-bond acceptors (Lipinski definition) is 7. The SMILES string of the molecule is CCc1ccc(C(COc2ccc(CC3(C)SC(=O)NC3=O)cc2)OC(C)=O)cn1. The van der Waals surface area contributed by atoms with E-state index in [0.29, 0.717) is 12.2 Å². The average molecular weight is 429 g/mol. The van der Waals surface area contributed by atoms with Gasteiger partial charge in [-0.25, -0.2) is 0 Å². The van der Waals surface area contributed by atoms with Crippen LogP contribution in [0.4, 0.5) is 4.79 Å². The lowest BCUT2D eigenvalue weighted by molar-refractivity contribution is -0.148. The molecule has 1 fully saturated rings. The number of carbonyl (C=O) groups excluding carboxylic acids is 3. The van der Waals surface area contributed by atoms with Gasteiger partial charge in [-0.1, -0.05) is 25.1 Å². The quantitative estimate of drug-likeness (QED) is 0.642. The fourth-order valence-corrected chi connectivity index (χ4v) is 4.05. The molecule has 1 aromatic heterocycles. The Morgan fingerprint density at radius 1 is 1.20 bits per heavy atom. The van der Waals surface area contributed by atoms with Crippen molar-refractivity contribution in [2.75, 3.05) is 6.61 Å². The molecule has 0 radical (unpaired) electrons. The second-order valence-electron chi connectivity index (χ2n) is 7.24. The summed E-state index contributed by atoms with van der Waals surface area (Å²) in [5.41, 5.74) is 2.64. The molecule has 1 aliphatic heterocycles. The van der Waals surface area contributed by atoms with Gasteiger partial charge in [-0.05, 0) is 55.3 Å². The van der Waals surface area contributed by atoms with E-state index in [2.05, 4.69) is 10.3 Å². The number of nitrogens with zero attached hydrogens (tertiary/aromatic N) is 1. The Balaban J connectivity index is 1.63. The van der Waals surface area contributed by atoms with Gasteiger partial charge in [0.05, 0.1) is 0 Å². The van der Waals surface area contributed by atoms with Crippen molar-refractivity contribution in [1.82, 2.24) is 10.3 Å². The maximum absolute atomic E-state index is 12.0. The molecule has 0 spiro atoms. The second-order valence-corrected chi connectivity index (χ2v) is 8.72. The van der Waals surface area contributed by atoms with Gasteiger partial charge >= 0.3 is 5.97 Å². The first-order chi connectivity index (χ1) is 14.3. The van der Waals surface area contributed by atoms with Crippen LogP contribution in [0.1, 0.15) is 43.7 Å². The van der Waals surface area contributed by atoms with Crippen LogP contribution < -0.4 is 10.1 Å². The van der Waals surface area contributed by atoms with Crippen molar-refractivity contribution < 1.29 is 23.9 Å². The van der Waals surface area contributed by atoms with Crippen molar-refractivity contribution in [1.29, 1.82) is 0 Å². The Labute approximate surface area is 179 Å². The third-order valence-electron chi connectivity index (χ3n) is 4.77. The van der Waals surface area contributed by atoms with E-state index in [9.17, 15) is 14.4 Å². The first-order valence-corrected chi connectivity index (χ1v) is 10.5. The van der Waals surface area contributed by atoms with Crippen LogP contribution in [0.2, 0.25) is 0 Å². The van der Waals surface area contributed by atoms with Gasteiger partial charge in [0.25, 0.3) is 5.24 Å². The summed E-state index contributed by atoms with van der Waals surface area (Å²) in [6, 6.07) is 11.1. The van der Waals surface area contributed by atoms with Crippen molar-refractivity contribution in [3.63, 3.8) is 0 Å². The number of esters is 1. The van der Waals surface area contributed by atoms with Gasteiger partial charge in [-0.15, -0.1) is 0 Å². The third kappa shape index (κ3) is 5.38. The summed E-state index contributed by atoms with van der Waals surface area (Å²) < 4.78 is 10.4. The number of carbonyl (C=O) groups is 3. The third-order valence-corrected chi connectivity index (χ3v) is 5.84. The van der Waals surface area contributed by atoms with E-state index >= 15 is 0 Å². The van der Waals surface area contributed by atoms with Crippen LogP contribution in [0.15, 0.2) is 42.6 Å². The van der Waals surface area contributed by atoms with E-state index in [1.165, 1.54) is 6.92 Å². The van der Waals surface area contributed by atoms with E-state index in [0.717, 1.165) is 35.0 Å². The molecule has 2 unspecified atom stereocenters. The zero-order valence-electron chi connectivity index (χ0n) is 17.1. The van der Waals surface area contributed by atoms with Crippen molar-refractivity contribution in [2.45, 2.75) is 44.5 Å². The number of aromatic nitrogens is 1. The molecule has 3 rings (SSSR count). The Bertz CT molecular complexity index is 930. The molecule has 30 heavy (non-hydrogen) atoms. The summed E-state index contributed by atoms with van der Waals surface area (Å²) >= 11 is 1.01. The highest BCUT2D eigenvalue weighted by Crippen LogP contribution is 2.35. The van der Waals surface area contributed by atoms with Gasteiger partial charge in [0.2, 0.25) is 5.91 Å². The van der Waals surface area contributed by atoms with Gasteiger partial charge in [-0.2, -0.15) is 0 Å². The van der Waals surface area contributed by atoms with E-state index < -0.39 is 16.8 Å². The minimum atomic E-state index is -0.808. The highest BCUT2D eigenvalue weighted by Gasteiger charge is 2.43. The van der Waals surface area contributed by atoms with Crippen molar-refractivity contribution in [2.24, 2.45) is 0 Å². The predicted molar refractivity (Wildman–Crippen MR) is 113 cm³/mol. The van der Waals surface area contributed by atoms with E-state index in [4.69, 9.17) is 9.47 Å². The molecular weight excluding hydrogens is 404 g/mol. The highest BCUT2D eigenvalue weighted by atomic mass is 32.2. The number of amides is 2. The van der Waals surface area contributed by atoms with Gasteiger partial charge in [0, 0.05) is 24.4 Å². The Hall–Kier alpha value is -2.87. The maximum Gasteiger partial charge on any atom is 0.303 e. The summed E-state index contributed by atoms with van der Waals surface area (Å²) in [4.78, 5) is 39.3. The molecule has 1 N–H and O–H groups in total. The zero-order chi connectivity index (χ0) is 21.7. The van der Waals surface area contributed by atoms with E-state index in [-0.39, 0.29) is 17.8 Å². The topological polar surface area (TPSA) is 94.6 Å². The van der Waals surface area contributed by atoms with Crippen LogP contribution in [-0.2, 0) is 27.2 Å². The van der Waals surface area contributed by atoms with Crippen LogP contribution in [0, 0.1) is 0 Å². The predicted octanol–water partition coefficient (Wildman–Crippen LogP) is 3.61. The number of rotatable bonds is 8. The molecule has 2 aromatic rings. The van der Waals surface area contributed by atoms with Gasteiger partial charge in [0.1, 0.15) is 17.1 Å². The molecule has 8 heteroatoms. The minimum Gasteiger partial charge on any atom is -0.489 e. The molecule has 2 heterocycles. The lowest BCUT2D eigenvalue weighted by atomic mass is 9.99. The number of ether oxygens (including phenoxy) is 2. The van der Waals surface area contributed by atoms with Crippen molar-refractivity contribution in [3.8, 4) is 5.75 Å². The molecule has 0 saturated carbocycles. The monoisotopic (exact) mass is 428 g/mol. The fraction of sp³-hybridized carbons (Fsp3) is 0.364. The molecule has 0 bridgehead atoms. The molecular formula is C22H24N2O5S. The number of nitrogens with one attached hydrogen (secondary N) is 1. The molecule has 0 aliphatic carbocycles. The van der Waals surface area contributed by atoms with Gasteiger partial charge < -0.3 is 9.47 Å². The lowest BCUT2D eigenvalue weighted by Gasteiger charge is -2.19. The summed E-state index contributed by atoms with van der Waals surface area (Å²) in [6.45, 7) is 5.28. The van der Waals surface area contributed by atoms with Crippen LogP contribution in [-0.4, -0.2) is 33.5 Å². The molecule has 1 aliphatic rings. The van der Waals surface area contributed by atoms with Gasteiger partial charge in [-0.3, -0.25) is 24.7 Å². The number of thioether (sulfide) groups is 1. The maximum atomic E-state index is 12.0. The molecule has 7 nitrogen and oxygen atoms in total. The Morgan fingerprint density at radius 2 is 1.93 bits per heavy atom. The standard InChI is InChI=1S/C22H24N2O5S/c1-4-17-8-7-16(12-23-17)19(29-14(2)25)13-28-18-9-5-15(6-10-18)11-22(3)20(26)24-21(27)30-22/h5-10,12,19H,4,11,13H2,1-3H3,(H,24,26,27). The van der Waals surface area contributed by atoms with Crippen LogP contribution in [0.5, 0.6) is 5.75 Å². The van der Waals surface area contributed by atoms with Crippen molar-refractivity contribution in [3.05, 3.63) is 59.4 Å².